The van der Waals surface area contributed by atoms with Gasteiger partial charge in [0.25, 0.3) is 0 Å². The Labute approximate surface area is 200 Å². The first-order chi connectivity index (χ1) is 15.5. The van der Waals surface area contributed by atoms with Crippen molar-refractivity contribution in [2.45, 2.75) is 6.42 Å². The Morgan fingerprint density at radius 3 is 1.48 bits per heavy atom. The van der Waals surface area contributed by atoms with E-state index >= 15 is 0 Å². The Bertz CT molecular complexity index is 925. The number of carbonyl (C=O) groups is 2. The van der Waals surface area contributed by atoms with E-state index in [9.17, 15) is 9.59 Å². The Hall–Kier alpha value is -3.29. The van der Waals surface area contributed by atoms with Gasteiger partial charge in [0.1, 0.15) is 0 Å². The van der Waals surface area contributed by atoms with E-state index in [-0.39, 0.29) is 24.0 Å². The zero-order chi connectivity index (χ0) is 23.5. The van der Waals surface area contributed by atoms with E-state index in [2.05, 4.69) is 5.73 Å². The van der Waals surface area contributed by atoms with Crippen molar-refractivity contribution in [2.75, 3.05) is 35.0 Å². The van der Waals surface area contributed by atoms with Crippen molar-refractivity contribution in [1.82, 2.24) is 0 Å². The third-order valence-corrected chi connectivity index (χ3v) is 4.87. The fourth-order valence-electron chi connectivity index (χ4n) is 3.13. The van der Waals surface area contributed by atoms with Crippen LogP contribution in [-0.4, -0.2) is 46.6 Å². The van der Waals surface area contributed by atoms with Gasteiger partial charge in [-0.25, -0.2) is 0 Å². The molecule has 0 unspecified atom stereocenters. The van der Waals surface area contributed by atoms with Gasteiger partial charge in [0.2, 0.25) is 0 Å². The lowest BCUT2D eigenvalue weighted by Crippen LogP contribution is -3.00. The number of benzene rings is 2. The average molecular weight is 476 g/mol. The molecule has 0 aliphatic heterocycles. The number of methoxy groups -OCH3 is 4. The quantitative estimate of drug-likeness (QED) is 0.338. The van der Waals surface area contributed by atoms with Gasteiger partial charge in [-0.15, -0.1) is 0 Å². The van der Waals surface area contributed by atoms with Gasteiger partial charge in [-0.3, -0.25) is 9.59 Å². The molecule has 0 fully saturated rings. The molecule has 0 heterocycles. The van der Waals surface area contributed by atoms with Crippen LogP contribution in [0.25, 0.3) is 12.2 Å². The molecule has 0 aromatic heterocycles. The van der Waals surface area contributed by atoms with Crippen molar-refractivity contribution in [2.24, 2.45) is 5.92 Å². The number of ether oxygens (including phenoxy) is 4. The molecule has 0 spiro atoms. The number of halogens is 1. The number of allylic oxidation sites excluding steroid dienone is 2. The Balaban J connectivity index is 0.00000544. The highest BCUT2D eigenvalue weighted by Gasteiger charge is 2.22. The topological polar surface area (TPSA) is 98.7 Å². The standard InChI is InChI=1S/C25H29NO6.ClH/c1-29-22-11-7-17(15-24(22)31-3)5-9-20(27)19(13-14-26)21(28)10-6-18-8-12-23(30-2)25(16-18)32-4;/h5-12,15-16,19H,13-14,26H2,1-4H3;1H/b9-5+,10-6+;. The van der Waals surface area contributed by atoms with Gasteiger partial charge in [-0.1, -0.05) is 24.3 Å². The van der Waals surface area contributed by atoms with Crippen molar-refractivity contribution < 1.29 is 46.7 Å². The Morgan fingerprint density at radius 2 is 1.15 bits per heavy atom. The minimum Gasteiger partial charge on any atom is -1.00 e. The number of ketones is 2. The molecule has 2 aromatic rings. The fraction of sp³-hybridized carbons (Fsp3) is 0.280. The highest BCUT2D eigenvalue weighted by atomic mass is 35.5. The zero-order valence-corrected chi connectivity index (χ0v) is 20.1. The number of hydrogen-bond acceptors (Lipinski definition) is 6. The maximum atomic E-state index is 12.8. The molecule has 3 N–H and O–H groups in total. The largest absolute Gasteiger partial charge is 1.00 e. The van der Waals surface area contributed by atoms with E-state index < -0.39 is 5.92 Å². The Kier molecular flexibility index (Phi) is 11.8. The third-order valence-electron chi connectivity index (χ3n) is 4.87. The second-order valence-electron chi connectivity index (χ2n) is 6.90. The van der Waals surface area contributed by atoms with E-state index in [1.165, 1.54) is 12.2 Å². The van der Waals surface area contributed by atoms with Crippen LogP contribution in [0.4, 0.5) is 0 Å². The molecule has 0 amide bonds. The molecule has 0 saturated carbocycles. The third kappa shape index (κ3) is 7.66. The molecule has 0 radical (unpaired) electrons. The van der Waals surface area contributed by atoms with Crippen LogP contribution in [-0.2, 0) is 9.59 Å². The molecule has 0 saturated heterocycles. The lowest BCUT2D eigenvalue weighted by atomic mass is 9.93. The van der Waals surface area contributed by atoms with Crippen LogP contribution >= 0.6 is 0 Å². The van der Waals surface area contributed by atoms with E-state index in [4.69, 9.17) is 18.9 Å². The molecular formula is C25H30ClNO6. The maximum absolute atomic E-state index is 12.8. The summed E-state index contributed by atoms with van der Waals surface area (Å²) in [5, 5.41) is 0. The number of rotatable bonds is 12. The normalized spacial score (nSPS) is 10.8. The number of hydrogen-bond donors (Lipinski definition) is 1. The first kappa shape index (κ1) is 27.7. The summed E-state index contributed by atoms with van der Waals surface area (Å²) in [5.74, 6) is 0.981. The summed E-state index contributed by atoms with van der Waals surface area (Å²) in [6.45, 7) is 0.469. The molecule has 8 heteroatoms. The highest BCUT2D eigenvalue weighted by Crippen LogP contribution is 2.29. The second-order valence-corrected chi connectivity index (χ2v) is 6.90. The van der Waals surface area contributed by atoms with Gasteiger partial charge in [0.05, 0.1) is 40.9 Å². The molecule has 2 aromatic carbocycles. The summed E-state index contributed by atoms with van der Waals surface area (Å²) in [6, 6.07) is 10.6. The SMILES string of the molecule is COc1ccc(/C=C/C(=O)C(CC[NH3+])C(=O)/C=C/c2ccc(OC)c(OC)c2)cc1OC.[Cl-]. The van der Waals surface area contributed by atoms with Crippen LogP contribution in [0.1, 0.15) is 17.5 Å². The predicted molar refractivity (Wildman–Crippen MR) is 123 cm³/mol. The van der Waals surface area contributed by atoms with Gasteiger partial charge < -0.3 is 37.1 Å². The van der Waals surface area contributed by atoms with Gasteiger partial charge in [0.15, 0.2) is 34.6 Å². The minimum absolute atomic E-state index is 0. The second kappa shape index (κ2) is 14.0. The van der Waals surface area contributed by atoms with Gasteiger partial charge in [0, 0.05) is 6.42 Å². The van der Waals surface area contributed by atoms with Crippen molar-refractivity contribution in [3.8, 4) is 23.0 Å². The summed E-state index contributed by atoms with van der Waals surface area (Å²) in [6.07, 6.45) is 6.52. The van der Waals surface area contributed by atoms with Crippen LogP contribution in [0.15, 0.2) is 48.6 Å². The van der Waals surface area contributed by atoms with E-state index in [0.29, 0.717) is 36.0 Å². The maximum Gasteiger partial charge on any atom is 0.166 e. The molecule has 2 rings (SSSR count). The highest BCUT2D eigenvalue weighted by molar-refractivity contribution is 6.13. The van der Waals surface area contributed by atoms with E-state index in [1.807, 2.05) is 0 Å². The molecule has 0 aliphatic rings. The van der Waals surface area contributed by atoms with Crippen LogP contribution in [0.2, 0.25) is 0 Å². The van der Waals surface area contributed by atoms with E-state index in [1.54, 1.807) is 77.0 Å². The summed E-state index contributed by atoms with van der Waals surface area (Å²) in [5.41, 5.74) is 5.32. The van der Waals surface area contributed by atoms with Crippen molar-refractivity contribution in [1.29, 1.82) is 0 Å². The van der Waals surface area contributed by atoms with Crippen molar-refractivity contribution in [3.63, 3.8) is 0 Å². The summed E-state index contributed by atoms with van der Waals surface area (Å²) in [4.78, 5) is 25.5. The van der Waals surface area contributed by atoms with E-state index in [0.717, 1.165) is 11.1 Å². The van der Waals surface area contributed by atoms with Crippen molar-refractivity contribution in [3.05, 3.63) is 59.7 Å². The smallest absolute Gasteiger partial charge is 0.166 e. The van der Waals surface area contributed by atoms with Crippen LogP contribution in [0.5, 0.6) is 23.0 Å². The van der Waals surface area contributed by atoms with Gasteiger partial charge >= 0.3 is 0 Å². The molecular weight excluding hydrogens is 446 g/mol. The lowest BCUT2D eigenvalue weighted by Gasteiger charge is -2.10. The summed E-state index contributed by atoms with van der Waals surface area (Å²) in [7, 11) is 6.21. The molecule has 33 heavy (non-hydrogen) atoms. The molecule has 7 nitrogen and oxygen atoms in total. The first-order valence-corrected chi connectivity index (χ1v) is 10.1. The summed E-state index contributed by atoms with van der Waals surface area (Å²) < 4.78 is 21.0. The molecule has 0 atom stereocenters. The minimum atomic E-state index is -0.791. The fourth-order valence-corrected chi connectivity index (χ4v) is 3.13. The monoisotopic (exact) mass is 475 g/mol. The molecule has 0 bridgehead atoms. The molecule has 178 valence electrons. The van der Waals surface area contributed by atoms with Gasteiger partial charge in [-0.05, 0) is 47.5 Å². The lowest BCUT2D eigenvalue weighted by molar-refractivity contribution is -0.369. The molecule has 0 aliphatic carbocycles. The summed E-state index contributed by atoms with van der Waals surface area (Å²) >= 11 is 0. The van der Waals surface area contributed by atoms with Gasteiger partial charge in [-0.2, -0.15) is 0 Å². The van der Waals surface area contributed by atoms with Crippen LogP contribution in [0, 0.1) is 5.92 Å². The number of quaternary nitrogens is 1. The average Bonchev–Trinajstić information content (AvgIpc) is 2.83. The predicted octanol–water partition coefficient (Wildman–Crippen LogP) is -0.162. The zero-order valence-electron chi connectivity index (χ0n) is 19.3. The van der Waals surface area contributed by atoms with Crippen molar-refractivity contribution >= 4 is 23.7 Å². The number of carbonyl (C=O) groups excluding carboxylic acids is 2. The van der Waals surface area contributed by atoms with Crippen LogP contribution in [0.3, 0.4) is 0 Å². The first-order valence-electron chi connectivity index (χ1n) is 10.1. The van der Waals surface area contributed by atoms with Crippen LogP contribution < -0.4 is 37.1 Å². The Morgan fingerprint density at radius 1 is 0.758 bits per heavy atom.